The highest BCUT2D eigenvalue weighted by Crippen LogP contribution is 2.20. The predicted octanol–water partition coefficient (Wildman–Crippen LogP) is 3.62. The molecular formula is C17H18N4S. The van der Waals surface area contributed by atoms with Crippen LogP contribution in [0.15, 0.2) is 52.4 Å². The molecule has 0 saturated carbocycles. The standard InChI is InChI=1S/C17H18N4S/c1-4-9-18-17-21(12(2)11-22-17)19-10-15-13(3)20-16-8-6-5-7-14(15)16/h4-8,10-11,20H,1,9H2,2-3H3. The van der Waals surface area contributed by atoms with E-state index in [1.807, 2.05) is 29.9 Å². The maximum atomic E-state index is 4.63. The fourth-order valence-electron chi connectivity index (χ4n) is 2.36. The molecule has 0 amide bonds. The molecule has 0 aliphatic heterocycles. The zero-order valence-corrected chi connectivity index (χ0v) is 13.5. The molecule has 0 unspecified atom stereocenters. The second-order valence-electron chi connectivity index (χ2n) is 5.05. The van der Waals surface area contributed by atoms with Crippen LogP contribution in [-0.2, 0) is 0 Å². The van der Waals surface area contributed by atoms with Gasteiger partial charge in [-0.2, -0.15) is 5.10 Å². The molecule has 1 aromatic carbocycles. The number of aromatic nitrogens is 2. The molecule has 0 bridgehead atoms. The van der Waals surface area contributed by atoms with Crippen molar-refractivity contribution in [1.29, 1.82) is 0 Å². The second-order valence-corrected chi connectivity index (χ2v) is 5.89. The van der Waals surface area contributed by atoms with Crippen LogP contribution in [0.1, 0.15) is 17.0 Å². The quantitative estimate of drug-likeness (QED) is 0.565. The Hall–Kier alpha value is -2.40. The molecule has 2 aromatic heterocycles. The fraction of sp³-hybridized carbons (Fsp3) is 0.176. The zero-order chi connectivity index (χ0) is 15.5. The maximum absolute atomic E-state index is 4.63. The molecule has 2 heterocycles. The number of benzene rings is 1. The topological polar surface area (TPSA) is 45.4 Å². The van der Waals surface area contributed by atoms with Crippen molar-refractivity contribution in [2.75, 3.05) is 6.54 Å². The molecule has 0 radical (unpaired) electrons. The summed E-state index contributed by atoms with van der Waals surface area (Å²) in [6, 6.07) is 8.26. The maximum Gasteiger partial charge on any atom is 0.206 e. The molecule has 112 valence electrons. The highest BCUT2D eigenvalue weighted by Gasteiger charge is 2.06. The van der Waals surface area contributed by atoms with Crippen LogP contribution in [0.3, 0.4) is 0 Å². The first-order valence-corrected chi connectivity index (χ1v) is 7.99. The lowest BCUT2D eigenvalue weighted by Gasteiger charge is -1.98. The summed E-state index contributed by atoms with van der Waals surface area (Å²) in [6.45, 7) is 8.40. The van der Waals surface area contributed by atoms with Gasteiger partial charge in [-0.15, -0.1) is 17.9 Å². The average molecular weight is 310 g/mol. The molecular weight excluding hydrogens is 292 g/mol. The van der Waals surface area contributed by atoms with Crippen molar-refractivity contribution in [3.05, 3.63) is 64.1 Å². The molecule has 5 heteroatoms. The number of H-pyrrole nitrogens is 1. The molecule has 4 nitrogen and oxygen atoms in total. The van der Waals surface area contributed by atoms with Crippen molar-refractivity contribution in [2.24, 2.45) is 10.1 Å². The van der Waals surface area contributed by atoms with Crippen LogP contribution in [0.2, 0.25) is 0 Å². The fourth-order valence-corrected chi connectivity index (χ4v) is 3.17. The minimum Gasteiger partial charge on any atom is -0.358 e. The van der Waals surface area contributed by atoms with Gasteiger partial charge in [0.1, 0.15) is 0 Å². The number of thiazole rings is 1. The number of nitrogens with zero attached hydrogens (tertiary/aromatic N) is 3. The Morgan fingerprint density at radius 3 is 2.95 bits per heavy atom. The van der Waals surface area contributed by atoms with E-state index in [-0.39, 0.29) is 0 Å². The molecule has 0 fully saturated rings. The number of aromatic amines is 1. The Morgan fingerprint density at radius 2 is 2.14 bits per heavy atom. The Balaban J connectivity index is 2.06. The van der Waals surface area contributed by atoms with Crippen LogP contribution < -0.4 is 4.80 Å². The monoisotopic (exact) mass is 310 g/mol. The minimum absolute atomic E-state index is 0.599. The van der Waals surface area contributed by atoms with Crippen LogP contribution in [0.5, 0.6) is 0 Å². The van der Waals surface area contributed by atoms with Gasteiger partial charge in [0.15, 0.2) is 0 Å². The predicted molar refractivity (Wildman–Crippen MR) is 93.7 cm³/mol. The Labute approximate surface area is 133 Å². The van der Waals surface area contributed by atoms with Crippen molar-refractivity contribution in [2.45, 2.75) is 13.8 Å². The van der Waals surface area contributed by atoms with Gasteiger partial charge in [-0.3, -0.25) is 4.99 Å². The highest BCUT2D eigenvalue weighted by atomic mass is 32.1. The van der Waals surface area contributed by atoms with Gasteiger partial charge in [0.25, 0.3) is 0 Å². The number of hydrogen-bond acceptors (Lipinski definition) is 3. The largest absolute Gasteiger partial charge is 0.358 e. The SMILES string of the molecule is C=CCN=c1scc(C)n1N=Cc1c(C)[nH]c2ccccc12. The van der Waals surface area contributed by atoms with E-state index in [4.69, 9.17) is 0 Å². The van der Waals surface area contributed by atoms with E-state index in [0.717, 1.165) is 27.3 Å². The third-order valence-corrected chi connectivity index (χ3v) is 4.42. The van der Waals surface area contributed by atoms with E-state index in [0.29, 0.717) is 6.54 Å². The average Bonchev–Trinajstić information content (AvgIpc) is 3.03. The van der Waals surface area contributed by atoms with Gasteiger partial charge in [-0.1, -0.05) is 24.3 Å². The number of fused-ring (bicyclic) bond motifs is 1. The van der Waals surface area contributed by atoms with Crippen LogP contribution in [-0.4, -0.2) is 22.4 Å². The molecule has 3 rings (SSSR count). The molecule has 0 aliphatic carbocycles. The van der Waals surface area contributed by atoms with Gasteiger partial charge >= 0.3 is 0 Å². The molecule has 0 aliphatic rings. The van der Waals surface area contributed by atoms with E-state index >= 15 is 0 Å². The third-order valence-electron chi connectivity index (χ3n) is 3.45. The van der Waals surface area contributed by atoms with E-state index in [9.17, 15) is 0 Å². The minimum atomic E-state index is 0.599. The van der Waals surface area contributed by atoms with Gasteiger partial charge in [0, 0.05) is 27.5 Å². The molecule has 1 N–H and O–H groups in total. The van der Waals surface area contributed by atoms with E-state index in [2.05, 4.69) is 46.1 Å². The lowest BCUT2D eigenvalue weighted by Crippen LogP contribution is -2.12. The lowest BCUT2D eigenvalue weighted by molar-refractivity contribution is 0.799. The van der Waals surface area contributed by atoms with Crippen LogP contribution in [0, 0.1) is 13.8 Å². The van der Waals surface area contributed by atoms with Crippen LogP contribution in [0.25, 0.3) is 10.9 Å². The summed E-state index contributed by atoms with van der Waals surface area (Å²) in [5.74, 6) is 0. The lowest BCUT2D eigenvalue weighted by atomic mass is 10.1. The van der Waals surface area contributed by atoms with Gasteiger partial charge in [0.05, 0.1) is 18.5 Å². The third kappa shape index (κ3) is 2.67. The normalized spacial score (nSPS) is 12.5. The van der Waals surface area contributed by atoms with E-state index in [1.54, 1.807) is 17.4 Å². The smallest absolute Gasteiger partial charge is 0.206 e. The number of para-hydroxylation sites is 1. The van der Waals surface area contributed by atoms with Gasteiger partial charge in [-0.05, 0) is 19.9 Å². The van der Waals surface area contributed by atoms with Gasteiger partial charge < -0.3 is 4.98 Å². The second kappa shape index (κ2) is 6.15. The van der Waals surface area contributed by atoms with E-state index in [1.165, 1.54) is 5.39 Å². The summed E-state index contributed by atoms with van der Waals surface area (Å²) in [5.41, 5.74) is 4.43. The highest BCUT2D eigenvalue weighted by molar-refractivity contribution is 7.07. The Kier molecular flexibility index (Phi) is 4.06. The van der Waals surface area contributed by atoms with E-state index < -0.39 is 0 Å². The molecule has 3 aromatic rings. The van der Waals surface area contributed by atoms with Crippen LogP contribution in [0.4, 0.5) is 0 Å². The molecule has 0 spiro atoms. The summed E-state index contributed by atoms with van der Waals surface area (Å²) in [4.78, 5) is 8.74. The van der Waals surface area contributed by atoms with Crippen molar-refractivity contribution in [1.82, 2.24) is 9.66 Å². The molecule has 0 atom stereocenters. The summed E-state index contributed by atoms with van der Waals surface area (Å²) >= 11 is 1.59. The first-order chi connectivity index (χ1) is 10.7. The number of hydrogen-bond donors (Lipinski definition) is 1. The van der Waals surface area contributed by atoms with Crippen molar-refractivity contribution >= 4 is 28.5 Å². The first kappa shape index (κ1) is 14.5. The number of rotatable bonds is 4. The van der Waals surface area contributed by atoms with Crippen molar-refractivity contribution in [3.63, 3.8) is 0 Å². The summed E-state index contributed by atoms with van der Waals surface area (Å²) in [5, 5.41) is 7.87. The Bertz CT molecular complexity index is 908. The molecule has 0 saturated heterocycles. The summed E-state index contributed by atoms with van der Waals surface area (Å²) < 4.78 is 1.87. The first-order valence-electron chi connectivity index (χ1n) is 7.11. The van der Waals surface area contributed by atoms with Crippen LogP contribution >= 0.6 is 11.3 Å². The zero-order valence-electron chi connectivity index (χ0n) is 12.7. The number of aryl methyl sites for hydroxylation is 2. The van der Waals surface area contributed by atoms with Crippen molar-refractivity contribution < 1.29 is 0 Å². The summed E-state index contributed by atoms with van der Waals surface area (Å²) in [6.07, 6.45) is 3.69. The van der Waals surface area contributed by atoms with Gasteiger partial charge in [-0.25, -0.2) is 4.68 Å². The summed E-state index contributed by atoms with van der Waals surface area (Å²) in [7, 11) is 0. The Morgan fingerprint density at radius 1 is 1.32 bits per heavy atom. The number of nitrogens with one attached hydrogen (secondary N) is 1. The molecule has 22 heavy (non-hydrogen) atoms. The van der Waals surface area contributed by atoms with Gasteiger partial charge in [0.2, 0.25) is 4.80 Å². The van der Waals surface area contributed by atoms with Crippen molar-refractivity contribution in [3.8, 4) is 0 Å².